The number of nitrogens with two attached hydrogens (primary N) is 1. The summed E-state index contributed by atoms with van der Waals surface area (Å²) in [6.45, 7) is 25.7. The van der Waals surface area contributed by atoms with Crippen LogP contribution in [-0.4, -0.2) is 46.0 Å². The molecular formula is C27H53NO7. The summed E-state index contributed by atoms with van der Waals surface area (Å²) in [5.41, 5.74) is 4.35. The van der Waals surface area contributed by atoms with Crippen molar-refractivity contribution >= 4 is 23.7 Å². The SMILES string of the molecule is CC(C)[C@H](C)C(=O)C[C@@H](C)C(=O)OC(C)(C)C.CC(C)[C@H](C)C(=O)O.C[C@H](N)C(=O)OC(C)(C)C. The summed E-state index contributed by atoms with van der Waals surface area (Å²) in [6, 6.07) is -0.528. The van der Waals surface area contributed by atoms with Crippen molar-refractivity contribution in [3.8, 4) is 0 Å². The van der Waals surface area contributed by atoms with Crippen molar-refractivity contribution in [3.63, 3.8) is 0 Å². The molecule has 0 aromatic heterocycles. The lowest BCUT2D eigenvalue weighted by Gasteiger charge is -2.23. The molecule has 0 aliphatic heterocycles. The molecule has 0 aromatic rings. The highest BCUT2D eigenvalue weighted by molar-refractivity contribution is 5.85. The molecule has 0 aromatic carbocycles. The number of ether oxygens (including phenoxy) is 2. The molecule has 0 bridgehead atoms. The van der Waals surface area contributed by atoms with E-state index in [0.717, 1.165) is 0 Å². The van der Waals surface area contributed by atoms with Crippen LogP contribution >= 0.6 is 0 Å². The van der Waals surface area contributed by atoms with Gasteiger partial charge in [-0.05, 0) is 60.3 Å². The molecule has 0 heterocycles. The van der Waals surface area contributed by atoms with Crippen molar-refractivity contribution in [2.45, 2.75) is 121 Å². The Morgan fingerprint density at radius 1 is 0.686 bits per heavy atom. The Morgan fingerprint density at radius 2 is 1.03 bits per heavy atom. The molecular weight excluding hydrogens is 450 g/mol. The quantitative estimate of drug-likeness (QED) is 0.429. The second-order valence-corrected chi connectivity index (χ2v) is 11.8. The molecule has 0 spiro atoms. The van der Waals surface area contributed by atoms with E-state index in [9.17, 15) is 19.2 Å². The normalized spacial score (nSPS) is 14.9. The molecule has 4 atom stereocenters. The van der Waals surface area contributed by atoms with Crippen molar-refractivity contribution in [1.29, 1.82) is 0 Å². The molecule has 0 aliphatic carbocycles. The zero-order valence-corrected chi connectivity index (χ0v) is 24.6. The van der Waals surface area contributed by atoms with Gasteiger partial charge in [0.2, 0.25) is 0 Å². The maximum Gasteiger partial charge on any atom is 0.323 e. The molecule has 0 saturated carbocycles. The van der Waals surface area contributed by atoms with E-state index in [1.165, 1.54) is 0 Å². The lowest BCUT2D eigenvalue weighted by atomic mass is 9.89. The third-order valence-corrected chi connectivity index (χ3v) is 4.99. The number of carboxylic acids is 1. The fourth-order valence-corrected chi connectivity index (χ4v) is 2.03. The summed E-state index contributed by atoms with van der Waals surface area (Å²) >= 11 is 0. The van der Waals surface area contributed by atoms with Crippen LogP contribution in [0.2, 0.25) is 0 Å². The average molecular weight is 504 g/mol. The monoisotopic (exact) mass is 503 g/mol. The number of Topliss-reactive ketones (excluding diaryl/α,β-unsaturated/α-hetero) is 1. The zero-order chi connectivity index (χ0) is 28.9. The van der Waals surface area contributed by atoms with E-state index < -0.39 is 23.2 Å². The standard InChI is InChI=1S/C14H26O3.C7H15NO2.C6H12O2/c1-9(2)11(4)12(15)8-10(3)13(16)17-14(5,6)7;1-5(8)6(9)10-7(2,3)4;1-4(2)5(3)6(7)8/h9-11H,8H2,1-7H3;5H,8H2,1-4H3;4-5H,1-3H3,(H,7,8)/t10-,11+;2*5-/m100/s1. The lowest BCUT2D eigenvalue weighted by molar-refractivity contribution is -0.160. The van der Waals surface area contributed by atoms with Crippen LogP contribution in [0.4, 0.5) is 0 Å². The summed E-state index contributed by atoms with van der Waals surface area (Å²) in [4.78, 5) is 44.5. The molecule has 8 heteroatoms. The first kappa shape index (κ1) is 37.6. The number of carbonyl (C=O) groups is 4. The van der Waals surface area contributed by atoms with E-state index in [4.69, 9.17) is 20.3 Å². The summed E-state index contributed by atoms with van der Waals surface area (Å²) in [7, 11) is 0. The first-order chi connectivity index (χ1) is 15.4. The van der Waals surface area contributed by atoms with E-state index in [-0.39, 0.29) is 47.8 Å². The molecule has 0 rings (SSSR count). The Labute approximate surface area is 213 Å². The van der Waals surface area contributed by atoms with Crippen LogP contribution in [0, 0.1) is 29.6 Å². The van der Waals surface area contributed by atoms with Gasteiger partial charge in [-0.25, -0.2) is 0 Å². The fourth-order valence-electron chi connectivity index (χ4n) is 2.03. The summed E-state index contributed by atoms with van der Waals surface area (Å²) in [5, 5.41) is 8.35. The van der Waals surface area contributed by atoms with Gasteiger partial charge in [0.25, 0.3) is 0 Å². The fraction of sp³-hybridized carbons (Fsp3) is 0.852. The van der Waals surface area contributed by atoms with Gasteiger partial charge in [0.05, 0.1) is 11.8 Å². The smallest absolute Gasteiger partial charge is 0.323 e. The molecule has 0 aliphatic rings. The van der Waals surface area contributed by atoms with Crippen molar-refractivity contribution in [2.75, 3.05) is 0 Å². The molecule has 0 amide bonds. The minimum Gasteiger partial charge on any atom is -0.481 e. The van der Waals surface area contributed by atoms with Gasteiger partial charge in [0, 0.05) is 12.3 Å². The van der Waals surface area contributed by atoms with Crippen molar-refractivity contribution < 1.29 is 33.8 Å². The van der Waals surface area contributed by atoms with Gasteiger partial charge in [-0.1, -0.05) is 48.5 Å². The zero-order valence-electron chi connectivity index (χ0n) is 24.6. The molecule has 0 fully saturated rings. The van der Waals surface area contributed by atoms with Crippen LogP contribution < -0.4 is 5.73 Å². The van der Waals surface area contributed by atoms with Crippen LogP contribution in [0.25, 0.3) is 0 Å². The highest BCUT2D eigenvalue weighted by atomic mass is 16.6. The van der Waals surface area contributed by atoms with E-state index in [2.05, 4.69) is 0 Å². The van der Waals surface area contributed by atoms with E-state index in [1.54, 1.807) is 20.8 Å². The molecule has 8 nitrogen and oxygen atoms in total. The molecule has 3 N–H and O–H groups in total. The van der Waals surface area contributed by atoms with E-state index in [1.807, 2.05) is 76.2 Å². The number of hydrogen-bond acceptors (Lipinski definition) is 7. The largest absolute Gasteiger partial charge is 0.481 e. The van der Waals surface area contributed by atoms with Crippen LogP contribution in [0.3, 0.4) is 0 Å². The molecule has 208 valence electrons. The van der Waals surface area contributed by atoms with Crippen molar-refractivity contribution in [3.05, 3.63) is 0 Å². The van der Waals surface area contributed by atoms with Crippen molar-refractivity contribution in [1.82, 2.24) is 0 Å². The number of aliphatic carboxylic acids is 1. The van der Waals surface area contributed by atoms with Gasteiger partial charge in [-0.15, -0.1) is 0 Å². The molecule has 0 saturated heterocycles. The van der Waals surface area contributed by atoms with Crippen LogP contribution in [-0.2, 0) is 28.7 Å². The minimum absolute atomic E-state index is 0.000105. The number of carboxylic acid groups (broad SMARTS) is 1. The van der Waals surface area contributed by atoms with Crippen LogP contribution in [0.1, 0.15) is 103 Å². The Balaban J connectivity index is -0.000000483. The number of hydrogen-bond donors (Lipinski definition) is 2. The third kappa shape index (κ3) is 22.3. The molecule has 0 radical (unpaired) electrons. The highest BCUT2D eigenvalue weighted by Crippen LogP contribution is 2.19. The number of carbonyl (C=O) groups excluding carboxylic acids is 3. The Hall–Kier alpha value is -1.96. The molecule has 35 heavy (non-hydrogen) atoms. The Kier molecular flexibility index (Phi) is 17.9. The van der Waals surface area contributed by atoms with Gasteiger partial charge in [-0.3, -0.25) is 19.2 Å². The Morgan fingerprint density at radius 3 is 1.23 bits per heavy atom. The second kappa shape index (κ2) is 16.7. The van der Waals surface area contributed by atoms with Crippen LogP contribution in [0.15, 0.2) is 0 Å². The summed E-state index contributed by atoms with van der Waals surface area (Å²) < 4.78 is 10.2. The van der Waals surface area contributed by atoms with Crippen LogP contribution in [0.5, 0.6) is 0 Å². The second-order valence-electron chi connectivity index (χ2n) is 11.8. The highest BCUT2D eigenvalue weighted by Gasteiger charge is 2.26. The predicted molar refractivity (Wildman–Crippen MR) is 140 cm³/mol. The van der Waals surface area contributed by atoms with Gasteiger partial charge >= 0.3 is 17.9 Å². The lowest BCUT2D eigenvalue weighted by Crippen LogP contribution is -2.35. The predicted octanol–water partition coefficient (Wildman–Crippen LogP) is 5.25. The average Bonchev–Trinajstić information content (AvgIpc) is 2.64. The van der Waals surface area contributed by atoms with Gasteiger partial charge in [-0.2, -0.15) is 0 Å². The Bertz CT molecular complexity index is 655. The minimum atomic E-state index is -0.708. The topological polar surface area (TPSA) is 133 Å². The first-order valence-electron chi connectivity index (χ1n) is 12.4. The van der Waals surface area contributed by atoms with Gasteiger partial charge < -0.3 is 20.3 Å². The number of rotatable bonds is 8. The van der Waals surface area contributed by atoms with E-state index >= 15 is 0 Å². The number of esters is 2. The summed E-state index contributed by atoms with van der Waals surface area (Å²) in [5.74, 6) is -1.23. The third-order valence-electron chi connectivity index (χ3n) is 4.99. The van der Waals surface area contributed by atoms with Crippen molar-refractivity contribution in [2.24, 2.45) is 35.3 Å². The first-order valence-corrected chi connectivity index (χ1v) is 12.4. The summed E-state index contributed by atoms with van der Waals surface area (Å²) in [6.07, 6.45) is 0.272. The molecule has 0 unspecified atom stereocenters. The number of ketones is 1. The van der Waals surface area contributed by atoms with E-state index in [0.29, 0.717) is 5.92 Å². The van der Waals surface area contributed by atoms with Gasteiger partial charge in [0.15, 0.2) is 0 Å². The maximum absolute atomic E-state index is 11.9. The maximum atomic E-state index is 11.9. The van der Waals surface area contributed by atoms with Gasteiger partial charge in [0.1, 0.15) is 23.0 Å².